The molecule has 3 nitrogen and oxygen atoms in total. The van der Waals surface area contributed by atoms with E-state index in [4.69, 9.17) is 22.1 Å². The minimum absolute atomic E-state index is 0.444. The lowest BCUT2D eigenvalue weighted by atomic mass is 9.96. The van der Waals surface area contributed by atoms with Crippen molar-refractivity contribution < 1.29 is 4.74 Å². The zero-order valence-corrected chi connectivity index (χ0v) is 9.33. The molecule has 15 heavy (non-hydrogen) atoms. The van der Waals surface area contributed by atoms with E-state index in [9.17, 15) is 0 Å². The fraction of sp³-hybridized carbons (Fsp3) is 0.545. The maximum absolute atomic E-state index is 6.03. The van der Waals surface area contributed by atoms with Crippen LogP contribution in [0.5, 0.6) is 0 Å². The third kappa shape index (κ3) is 2.48. The molecule has 0 bridgehead atoms. The Balaban J connectivity index is 2.17. The van der Waals surface area contributed by atoms with Gasteiger partial charge in [0.1, 0.15) is 5.15 Å². The van der Waals surface area contributed by atoms with E-state index in [0.717, 1.165) is 37.3 Å². The van der Waals surface area contributed by atoms with Crippen LogP contribution in [0.4, 0.5) is 0 Å². The molecule has 0 radical (unpaired) electrons. The topological polar surface area (TPSA) is 48.1 Å². The molecule has 1 aliphatic heterocycles. The number of nitrogens with two attached hydrogens (primary N) is 1. The van der Waals surface area contributed by atoms with Crippen LogP contribution in [0.2, 0.25) is 5.15 Å². The number of halogens is 1. The molecule has 82 valence electrons. The molecule has 1 aliphatic rings. The number of nitrogens with zero attached hydrogens (tertiary/aromatic N) is 1. The fourth-order valence-corrected chi connectivity index (χ4v) is 2.09. The molecule has 2 N–H and O–H groups in total. The highest BCUT2D eigenvalue weighted by Crippen LogP contribution is 2.27. The molecule has 0 atom stereocenters. The van der Waals surface area contributed by atoms with Crippen molar-refractivity contribution in [1.29, 1.82) is 0 Å². The quantitative estimate of drug-likeness (QED) is 0.786. The molecule has 1 saturated heterocycles. The monoisotopic (exact) mass is 226 g/mol. The van der Waals surface area contributed by atoms with Gasteiger partial charge in [0.05, 0.1) is 0 Å². The molecule has 2 rings (SSSR count). The number of hydrogen-bond acceptors (Lipinski definition) is 3. The van der Waals surface area contributed by atoms with Crippen molar-refractivity contribution in [2.75, 3.05) is 13.2 Å². The lowest BCUT2D eigenvalue weighted by molar-refractivity contribution is 0.0845. The molecular weight excluding hydrogens is 212 g/mol. The largest absolute Gasteiger partial charge is 0.381 e. The van der Waals surface area contributed by atoms with Crippen LogP contribution in [0.3, 0.4) is 0 Å². The standard InChI is InChI=1S/C11H15ClN2O/c12-11-9(7-13)1-2-10(14-11)8-3-5-15-6-4-8/h1-2,8H,3-7,13H2. The van der Waals surface area contributed by atoms with E-state index >= 15 is 0 Å². The van der Waals surface area contributed by atoms with Gasteiger partial charge in [-0.1, -0.05) is 17.7 Å². The molecule has 0 amide bonds. The molecule has 0 spiro atoms. The SMILES string of the molecule is NCc1ccc(C2CCOCC2)nc1Cl. The first-order valence-corrected chi connectivity index (χ1v) is 5.62. The summed E-state index contributed by atoms with van der Waals surface area (Å²) in [5.74, 6) is 0.489. The van der Waals surface area contributed by atoms with Crippen LogP contribution in [0.15, 0.2) is 12.1 Å². The normalized spacial score (nSPS) is 18.0. The Labute approximate surface area is 94.6 Å². The van der Waals surface area contributed by atoms with Crippen molar-refractivity contribution in [3.63, 3.8) is 0 Å². The van der Waals surface area contributed by atoms with Crippen LogP contribution in [-0.4, -0.2) is 18.2 Å². The van der Waals surface area contributed by atoms with Crippen LogP contribution in [0.25, 0.3) is 0 Å². The highest BCUT2D eigenvalue weighted by Gasteiger charge is 2.17. The predicted molar refractivity (Wildman–Crippen MR) is 59.9 cm³/mol. The van der Waals surface area contributed by atoms with E-state index < -0.39 is 0 Å². The van der Waals surface area contributed by atoms with Crippen molar-refractivity contribution in [3.8, 4) is 0 Å². The van der Waals surface area contributed by atoms with Crippen molar-refractivity contribution >= 4 is 11.6 Å². The van der Waals surface area contributed by atoms with Gasteiger partial charge >= 0.3 is 0 Å². The molecule has 0 saturated carbocycles. The van der Waals surface area contributed by atoms with Gasteiger partial charge in [-0.3, -0.25) is 0 Å². The molecule has 4 heteroatoms. The molecular formula is C11H15ClN2O. The smallest absolute Gasteiger partial charge is 0.133 e. The first kappa shape index (κ1) is 10.9. The van der Waals surface area contributed by atoms with Gasteiger partial charge in [0, 0.05) is 36.9 Å². The number of pyridine rings is 1. The summed E-state index contributed by atoms with van der Waals surface area (Å²) in [6, 6.07) is 4.00. The Morgan fingerprint density at radius 3 is 2.73 bits per heavy atom. The minimum Gasteiger partial charge on any atom is -0.381 e. The summed E-state index contributed by atoms with van der Waals surface area (Å²) in [6.45, 7) is 2.09. The molecule has 1 aromatic heterocycles. The van der Waals surface area contributed by atoms with Crippen LogP contribution < -0.4 is 5.73 Å². The van der Waals surface area contributed by atoms with Gasteiger partial charge in [0.2, 0.25) is 0 Å². The lowest BCUT2D eigenvalue weighted by Crippen LogP contribution is -2.15. The average molecular weight is 227 g/mol. The fourth-order valence-electron chi connectivity index (χ4n) is 1.85. The summed E-state index contributed by atoms with van der Waals surface area (Å²) in [5.41, 5.74) is 7.51. The van der Waals surface area contributed by atoms with E-state index in [1.165, 1.54) is 0 Å². The summed E-state index contributed by atoms with van der Waals surface area (Å²) < 4.78 is 5.32. The van der Waals surface area contributed by atoms with Crippen LogP contribution >= 0.6 is 11.6 Å². The molecule has 0 aliphatic carbocycles. The van der Waals surface area contributed by atoms with E-state index in [2.05, 4.69) is 4.98 Å². The Hall–Kier alpha value is -0.640. The average Bonchev–Trinajstić information content (AvgIpc) is 2.30. The van der Waals surface area contributed by atoms with Crippen LogP contribution in [0, 0.1) is 0 Å². The summed E-state index contributed by atoms with van der Waals surface area (Å²) >= 11 is 6.03. The second-order valence-corrected chi connectivity index (χ2v) is 4.13. The lowest BCUT2D eigenvalue weighted by Gasteiger charge is -2.21. The van der Waals surface area contributed by atoms with Crippen molar-refractivity contribution in [2.45, 2.75) is 25.3 Å². The van der Waals surface area contributed by atoms with Gasteiger partial charge in [-0.05, 0) is 18.9 Å². The number of ether oxygens (including phenoxy) is 1. The Morgan fingerprint density at radius 1 is 1.40 bits per heavy atom. The number of hydrogen-bond donors (Lipinski definition) is 1. The second kappa shape index (κ2) is 4.92. The van der Waals surface area contributed by atoms with E-state index in [1.54, 1.807) is 0 Å². The zero-order valence-electron chi connectivity index (χ0n) is 8.58. The summed E-state index contributed by atoms with van der Waals surface area (Å²) in [6.07, 6.45) is 2.07. The van der Waals surface area contributed by atoms with Crippen molar-refractivity contribution in [3.05, 3.63) is 28.5 Å². The highest BCUT2D eigenvalue weighted by molar-refractivity contribution is 6.30. The molecule has 1 fully saturated rings. The maximum Gasteiger partial charge on any atom is 0.133 e. The third-order valence-corrected chi connectivity index (χ3v) is 3.13. The molecule has 0 aromatic carbocycles. The first-order valence-electron chi connectivity index (χ1n) is 5.24. The summed E-state index contributed by atoms with van der Waals surface area (Å²) in [4.78, 5) is 4.40. The van der Waals surface area contributed by atoms with E-state index in [0.29, 0.717) is 17.6 Å². The van der Waals surface area contributed by atoms with Crippen molar-refractivity contribution in [2.24, 2.45) is 5.73 Å². The van der Waals surface area contributed by atoms with Gasteiger partial charge in [0.15, 0.2) is 0 Å². The summed E-state index contributed by atoms with van der Waals surface area (Å²) in [7, 11) is 0. The molecule has 1 aromatic rings. The number of rotatable bonds is 2. The number of aromatic nitrogens is 1. The van der Waals surface area contributed by atoms with Crippen LogP contribution in [-0.2, 0) is 11.3 Å². The maximum atomic E-state index is 6.03. The van der Waals surface area contributed by atoms with E-state index in [-0.39, 0.29) is 0 Å². The van der Waals surface area contributed by atoms with Gasteiger partial charge in [-0.25, -0.2) is 4.98 Å². The second-order valence-electron chi connectivity index (χ2n) is 3.78. The predicted octanol–water partition coefficient (Wildman–Crippen LogP) is 2.09. The van der Waals surface area contributed by atoms with Gasteiger partial charge in [0.25, 0.3) is 0 Å². The highest BCUT2D eigenvalue weighted by atomic mass is 35.5. The van der Waals surface area contributed by atoms with Gasteiger partial charge < -0.3 is 10.5 Å². The Bertz CT molecular complexity index is 337. The third-order valence-electron chi connectivity index (χ3n) is 2.81. The molecule has 2 heterocycles. The zero-order chi connectivity index (χ0) is 10.7. The van der Waals surface area contributed by atoms with E-state index in [1.807, 2.05) is 12.1 Å². The first-order chi connectivity index (χ1) is 7.31. The Morgan fingerprint density at radius 2 is 2.13 bits per heavy atom. The van der Waals surface area contributed by atoms with Gasteiger partial charge in [-0.15, -0.1) is 0 Å². The van der Waals surface area contributed by atoms with Crippen LogP contribution in [0.1, 0.15) is 30.0 Å². The van der Waals surface area contributed by atoms with Gasteiger partial charge in [-0.2, -0.15) is 0 Å². The minimum atomic E-state index is 0.444. The van der Waals surface area contributed by atoms with Crippen molar-refractivity contribution in [1.82, 2.24) is 4.98 Å². The Kier molecular flexibility index (Phi) is 3.57. The molecule has 0 unspecified atom stereocenters. The summed E-state index contributed by atoms with van der Waals surface area (Å²) in [5, 5.41) is 0.543.